The Morgan fingerprint density at radius 1 is 1.20 bits per heavy atom. The molecule has 2 aromatic rings. The Bertz CT molecular complexity index is 561. The third kappa shape index (κ3) is 3.30. The standard InChI is InChI=1S/C16H22BrN3/c1-11(2)18-10-15(14-8-6-5-7-9-14)20-13(4)16(17)12(3)19-20/h5-9,11,15,18H,10H2,1-4H3. The van der Waals surface area contributed by atoms with Crippen LogP contribution in [0.3, 0.4) is 0 Å². The molecule has 4 heteroatoms. The molecule has 1 aromatic heterocycles. The fraction of sp³-hybridized carbons (Fsp3) is 0.438. The van der Waals surface area contributed by atoms with Crippen LogP contribution in [0.4, 0.5) is 0 Å². The highest BCUT2D eigenvalue weighted by atomic mass is 79.9. The van der Waals surface area contributed by atoms with Gasteiger partial charge in [0.15, 0.2) is 0 Å². The molecular formula is C16H22BrN3. The Morgan fingerprint density at radius 3 is 2.35 bits per heavy atom. The van der Waals surface area contributed by atoms with Gasteiger partial charge in [0.2, 0.25) is 0 Å². The van der Waals surface area contributed by atoms with E-state index in [1.54, 1.807) is 0 Å². The molecule has 0 saturated carbocycles. The number of halogens is 1. The van der Waals surface area contributed by atoms with Crippen LogP contribution in [0.2, 0.25) is 0 Å². The van der Waals surface area contributed by atoms with Gasteiger partial charge in [-0.05, 0) is 35.3 Å². The van der Waals surface area contributed by atoms with Crippen molar-refractivity contribution in [2.45, 2.75) is 39.8 Å². The molecule has 1 atom stereocenters. The van der Waals surface area contributed by atoms with Crippen LogP contribution in [-0.4, -0.2) is 22.4 Å². The zero-order valence-electron chi connectivity index (χ0n) is 12.5. The van der Waals surface area contributed by atoms with E-state index in [0.29, 0.717) is 6.04 Å². The van der Waals surface area contributed by atoms with Crippen LogP contribution < -0.4 is 5.32 Å². The highest BCUT2D eigenvalue weighted by Crippen LogP contribution is 2.26. The summed E-state index contributed by atoms with van der Waals surface area (Å²) in [5.74, 6) is 0. The van der Waals surface area contributed by atoms with E-state index in [2.05, 4.69) is 71.0 Å². The number of hydrogen-bond acceptors (Lipinski definition) is 2. The summed E-state index contributed by atoms with van der Waals surface area (Å²) in [6, 6.07) is 11.2. The zero-order chi connectivity index (χ0) is 14.7. The minimum absolute atomic E-state index is 0.212. The molecule has 108 valence electrons. The quantitative estimate of drug-likeness (QED) is 0.899. The number of aryl methyl sites for hydroxylation is 1. The zero-order valence-corrected chi connectivity index (χ0v) is 14.1. The highest BCUT2D eigenvalue weighted by molar-refractivity contribution is 9.10. The molecule has 2 rings (SSSR count). The van der Waals surface area contributed by atoms with E-state index in [4.69, 9.17) is 5.10 Å². The molecule has 3 nitrogen and oxygen atoms in total. The van der Waals surface area contributed by atoms with E-state index in [0.717, 1.165) is 16.7 Å². The molecule has 0 radical (unpaired) electrons. The van der Waals surface area contributed by atoms with E-state index in [1.165, 1.54) is 11.3 Å². The third-order valence-electron chi connectivity index (χ3n) is 3.44. The lowest BCUT2D eigenvalue weighted by Crippen LogP contribution is -2.32. The number of nitrogens with zero attached hydrogens (tertiary/aromatic N) is 2. The molecule has 0 aliphatic carbocycles. The SMILES string of the molecule is Cc1nn(C(CNC(C)C)c2ccccc2)c(C)c1Br. The summed E-state index contributed by atoms with van der Waals surface area (Å²) in [5, 5.41) is 8.22. The molecule has 0 aliphatic rings. The van der Waals surface area contributed by atoms with Gasteiger partial charge in [-0.2, -0.15) is 5.10 Å². The summed E-state index contributed by atoms with van der Waals surface area (Å²) < 4.78 is 3.22. The Balaban J connectivity index is 2.38. The summed E-state index contributed by atoms with van der Waals surface area (Å²) in [7, 11) is 0. The van der Waals surface area contributed by atoms with Crippen molar-refractivity contribution in [2.24, 2.45) is 0 Å². The largest absolute Gasteiger partial charge is 0.312 e. The number of hydrogen-bond donors (Lipinski definition) is 1. The topological polar surface area (TPSA) is 29.9 Å². The molecule has 1 unspecified atom stereocenters. The molecule has 0 amide bonds. The molecule has 0 fully saturated rings. The van der Waals surface area contributed by atoms with Crippen molar-refractivity contribution in [1.82, 2.24) is 15.1 Å². The van der Waals surface area contributed by atoms with Crippen molar-refractivity contribution in [3.05, 3.63) is 51.8 Å². The summed E-state index contributed by atoms with van der Waals surface area (Å²) in [4.78, 5) is 0. The predicted molar refractivity (Wildman–Crippen MR) is 87.1 cm³/mol. The molecule has 1 heterocycles. The van der Waals surface area contributed by atoms with Crippen molar-refractivity contribution in [2.75, 3.05) is 6.54 Å². The Kier molecular flexibility index (Phi) is 5.00. The van der Waals surface area contributed by atoms with Crippen molar-refractivity contribution < 1.29 is 0 Å². The Labute approximate surface area is 129 Å². The van der Waals surface area contributed by atoms with E-state index in [9.17, 15) is 0 Å². The Morgan fingerprint density at radius 2 is 1.85 bits per heavy atom. The molecular weight excluding hydrogens is 314 g/mol. The third-order valence-corrected chi connectivity index (χ3v) is 4.58. The average molecular weight is 336 g/mol. The van der Waals surface area contributed by atoms with Crippen LogP contribution >= 0.6 is 15.9 Å². The van der Waals surface area contributed by atoms with E-state index in [-0.39, 0.29) is 6.04 Å². The van der Waals surface area contributed by atoms with Gasteiger partial charge in [0, 0.05) is 12.6 Å². The van der Waals surface area contributed by atoms with Crippen LogP contribution in [0.15, 0.2) is 34.8 Å². The van der Waals surface area contributed by atoms with Crippen LogP contribution in [-0.2, 0) is 0 Å². The van der Waals surface area contributed by atoms with Gasteiger partial charge in [-0.1, -0.05) is 44.2 Å². The highest BCUT2D eigenvalue weighted by Gasteiger charge is 2.19. The summed E-state index contributed by atoms with van der Waals surface area (Å²) >= 11 is 3.62. The fourth-order valence-electron chi connectivity index (χ4n) is 2.31. The average Bonchev–Trinajstić information content (AvgIpc) is 2.68. The van der Waals surface area contributed by atoms with Gasteiger partial charge < -0.3 is 5.32 Å². The maximum Gasteiger partial charge on any atom is 0.0896 e. The van der Waals surface area contributed by atoms with Crippen LogP contribution in [0.1, 0.15) is 36.8 Å². The number of benzene rings is 1. The van der Waals surface area contributed by atoms with Crippen LogP contribution in [0, 0.1) is 13.8 Å². The maximum absolute atomic E-state index is 4.69. The second-order valence-corrected chi connectivity index (χ2v) is 6.21. The molecule has 20 heavy (non-hydrogen) atoms. The molecule has 0 spiro atoms. The molecule has 0 aliphatic heterocycles. The van der Waals surface area contributed by atoms with Crippen molar-refractivity contribution in [3.63, 3.8) is 0 Å². The van der Waals surface area contributed by atoms with Crippen molar-refractivity contribution in [1.29, 1.82) is 0 Å². The smallest absolute Gasteiger partial charge is 0.0896 e. The monoisotopic (exact) mass is 335 g/mol. The van der Waals surface area contributed by atoms with Gasteiger partial charge in [0.1, 0.15) is 0 Å². The van der Waals surface area contributed by atoms with E-state index < -0.39 is 0 Å². The number of rotatable bonds is 5. The van der Waals surface area contributed by atoms with E-state index in [1.807, 2.05) is 13.0 Å². The summed E-state index contributed by atoms with van der Waals surface area (Å²) in [6.45, 7) is 9.34. The van der Waals surface area contributed by atoms with Gasteiger partial charge in [-0.25, -0.2) is 0 Å². The fourth-order valence-corrected chi connectivity index (χ4v) is 2.58. The van der Waals surface area contributed by atoms with Gasteiger partial charge >= 0.3 is 0 Å². The van der Waals surface area contributed by atoms with Crippen molar-refractivity contribution >= 4 is 15.9 Å². The van der Waals surface area contributed by atoms with Gasteiger partial charge in [0.25, 0.3) is 0 Å². The van der Waals surface area contributed by atoms with Crippen molar-refractivity contribution in [3.8, 4) is 0 Å². The summed E-state index contributed by atoms with van der Waals surface area (Å²) in [6.07, 6.45) is 0. The predicted octanol–water partition coefficient (Wildman–Crippen LogP) is 3.85. The van der Waals surface area contributed by atoms with Crippen LogP contribution in [0.5, 0.6) is 0 Å². The first-order valence-electron chi connectivity index (χ1n) is 7.00. The minimum Gasteiger partial charge on any atom is -0.312 e. The van der Waals surface area contributed by atoms with Gasteiger partial charge in [0.05, 0.1) is 21.9 Å². The minimum atomic E-state index is 0.212. The second kappa shape index (κ2) is 6.55. The first kappa shape index (κ1) is 15.3. The lowest BCUT2D eigenvalue weighted by molar-refractivity contribution is 0.447. The molecule has 0 saturated heterocycles. The second-order valence-electron chi connectivity index (χ2n) is 5.42. The lowest BCUT2D eigenvalue weighted by Gasteiger charge is -2.22. The number of nitrogens with one attached hydrogen (secondary N) is 1. The lowest BCUT2D eigenvalue weighted by atomic mass is 10.1. The van der Waals surface area contributed by atoms with Crippen LogP contribution in [0.25, 0.3) is 0 Å². The van der Waals surface area contributed by atoms with Gasteiger partial charge in [-0.15, -0.1) is 0 Å². The van der Waals surface area contributed by atoms with Gasteiger partial charge in [-0.3, -0.25) is 4.68 Å². The molecule has 1 N–H and O–H groups in total. The Hall–Kier alpha value is -1.13. The normalized spacial score (nSPS) is 12.9. The first-order chi connectivity index (χ1) is 9.50. The van der Waals surface area contributed by atoms with E-state index >= 15 is 0 Å². The number of aromatic nitrogens is 2. The maximum atomic E-state index is 4.69. The summed E-state index contributed by atoms with van der Waals surface area (Å²) in [5.41, 5.74) is 3.48. The molecule has 1 aromatic carbocycles. The first-order valence-corrected chi connectivity index (χ1v) is 7.79. The molecule has 0 bridgehead atoms.